The van der Waals surface area contributed by atoms with E-state index in [0.717, 1.165) is 61.4 Å². The van der Waals surface area contributed by atoms with Crippen LogP contribution in [0.3, 0.4) is 0 Å². The SMILES string of the molecule is c1ccc(-c2nc(-c3ccccc3)nc(-c3cccc(-c4ccc(-c5ccc6c(c5)Oc5ccccc5C65c6ccccc6-c6ccccc65)c5ccccc45)c3)n2)cc1. The zero-order valence-corrected chi connectivity index (χ0v) is 32.5. The van der Waals surface area contributed by atoms with Crippen LogP contribution in [-0.2, 0) is 5.41 Å². The molecule has 1 spiro atoms. The molecular weight excluding hydrogens is 731 g/mol. The van der Waals surface area contributed by atoms with Gasteiger partial charge in [-0.3, -0.25) is 0 Å². The minimum atomic E-state index is -0.491. The van der Waals surface area contributed by atoms with Crippen LogP contribution < -0.4 is 4.74 Å². The van der Waals surface area contributed by atoms with Crippen molar-refractivity contribution in [3.05, 3.63) is 235 Å². The van der Waals surface area contributed by atoms with E-state index in [1.165, 1.54) is 33.2 Å². The van der Waals surface area contributed by atoms with Crippen LogP contribution in [-0.4, -0.2) is 15.0 Å². The van der Waals surface area contributed by atoms with Gasteiger partial charge in [0.2, 0.25) is 0 Å². The first-order valence-corrected chi connectivity index (χ1v) is 20.4. The largest absolute Gasteiger partial charge is 0.457 e. The Balaban J connectivity index is 0.981. The molecule has 4 heteroatoms. The molecule has 0 amide bonds. The molecule has 0 atom stereocenters. The van der Waals surface area contributed by atoms with E-state index in [2.05, 4.69) is 152 Å². The van der Waals surface area contributed by atoms with E-state index in [1.54, 1.807) is 0 Å². The van der Waals surface area contributed by atoms with Crippen molar-refractivity contribution < 1.29 is 4.74 Å². The van der Waals surface area contributed by atoms with Crippen molar-refractivity contribution in [1.29, 1.82) is 0 Å². The predicted molar refractivity (Wildman–Crippen MR) is 242 cm³/mol. The second-order valence-electron chi connectivity index (χ2n) is 15.5. The van der Waals surface area contributed by atoms with Crippen LogP contribution in [0.15, 0.2) is 212 Å². The zero-order valence-electron chi connectivity index (χ0n) is 32.5. The summed E-state index contributed by atoms with van der Waals surface area (Å²) in [6.07, 6.45) is 0. The summed E-state index contributed by atoms with van der Waals surface area (Å²) in [5.74, 6) is 3.68. The molecule has 280 valence electrons. The van der Waals surface area contributed by atoms with Gasteiger partial charge in [0.25, 0.3) is 0 Å². The monoisotopic (exact) mass is 765 g/mol. The normalized spacial score (nSPS) is 12.9. The van der Waals surface area contributed by atoms with Gasteiger partial charge in [-0.15, -0.1) is 0 Å². The standard InChI is InChI=1S/C56H35N3O/c1-3-16-36(17-4-1)53-57-54(37-18-5-2-6-19-37)59-55(58-53)40-21-15-20-38(34-40)41-31-32-42(44-23-8-7-22-43(41)44)39-30-33-50-52(35-39)60-51-29-14-13-28-49(51)56(50)47-26-11-9-24-45(47)46-25-10-12-27-48(46)56/h1-35H. The fourth-order valence-corrected chi connectivity index (χ4v) is 9.59. The average Bonchev–Trinajstić information content (AvgIpc) is 3.62. The first-order valence-electron chi connectivity index (χ1n) is 20.4. The second-order valence-corrected chi connectivity index (χ2v) is 15.5. The van der Waals surface area contributed by atoms with Crippen molar-refractivity contribution in [2.45, 2.75) is 5.41 Å². The van der Waals surface area contributed by atoms with Crippen LogP contribution in [0.2, 0.25) is 0 Å². The predicted octanol–water partition coefficient (Wildman–Crippen LogP) is 13.8. The van der Waals surface area contributed by atoms with Gasteiger partial charge in [-0.25, -0.2) is 15.0 Å². The molecule has 0 fully saturated rings. The minimum absolute atomic E-state index is 0.491. The number of ether oxygens (including phenoxy) is 1. The minimum Gasteiger partial charge on any atom is -0.457 e. The number of benzene rings is 9. The summed E-state index contributed by atoms with van der Waals surface area (Å²) in [6, 6.07) is 75.0. The Kier molecular flexibility index (Phi) is 7.72. The third-order valence-electron chi connectivity index (χ3n) is 12.2. The molecule has 0 unspecified atom stereocenters. The van der Waals surface area contributed by atoms with Crippen molar-refractivity contribution in [1.82, 2.24) is 15.0 Å². The lowest BCUT2D eigenvalue weighted by Crippen LogP contribution is -2.32. The molecule has 0 N–H and O–H groups in total. The summed E-state index contributed by atoms with van der Waals surface area (Å²) in [5.41, 5.74) is 14.3. The van der Waals surface area contributed by atoms with E-state index >= 15 is 0 Å². The first kappa shape index (κ1) is 34.1. The topological polar surface area (TPSA) is 47.9 Å². The van der Waals surface area contributed by atoms with Gasteiger partial charge in [0.15, 0.2) is 17.5 Å². The fraction of sp³-hybridized carbons (Fsp3) is 0.0179. The highest BCUT2D eigenvalue weighted by Gasteiger charge is 2.50. The molecular formula is C56H35N3O. The van der Waals surface area contributed by atoms with Gasteiger partial charge in [-0.2, -0.15) is 0 Å². The maximum absolute atomic E-state index is 6.87. The third-order valence-corrected chi connectivity index (χ3v) is 12.2. The van der Waals surface area contributed by atoms with Crippen molar-refractivity contribution in [3.63, 3.8) is 0 Å². The van der Waals surface area contributed by atoms with Gasteiger partial charge in [0.05, 0.1) is 5.41 Å². The summed E-state index contributed by atoms with van der Waals surface area (Å²) in [6.45, 7) is 0. The fourth-order valence-electron chi connectivity index (χ4n) is 9.59. The Morgan fingerprint density at radius 2 is 0.733 bits per heavy atom. The summed E-state index contributed by atoms with van der Waals surface area (Å²) in [5, 5.41) is 2.33. The first-order chi connectivity index (χ1) is 29.7. The van der Waals surface area contributed by atoms with Crippen LogP contribution in [0.25, 0.3) is 78.3 Å². The molecule has 12 rings (SSSR count). The third kappa shape index (κ3) is 5.21. The van der Waals surface area contributed by atoms with Crippen molar-refractivity contribution in [2.24, 2.45) is 0 Å². The van der Waals surface area contributed by atoms with Crippen molar-refractivity contribution in [3.8, 4) is 79.0 Å². The highest BCUT2D eigenvalue weighted by molar-refractivity contribution is 6.05. The number of hydrogen-bond donors (Lipinski definition) is 0. The molecule has 4 nitrogen and oxygen atoms in total. The average molecular weight is 766 g/mol. The Hall–Kier alpha value is -7.95. The molecule has 1 aliphatic heterocycles. The number of aromatic nitrogens is 3. The number of para-hydroxylation sites is 1. The molecule has 0 saturated heterocycles. The molecule has 1 aliphatic carbocycles. The summed E-state index contributed by atoms with van der Waals surface area (Å²) < 4.78 is 6.87. The number of rotatable bonds is 5. The van der Waals surface area contributed by atoms with E-state index in [-0.39, 0.29) is 0 Å². The molecule has 0 bridgehead atoms. The van der Waals surface area contributed by atoms with E-state index in [0.29, 0.717) is 17.5 Å². The number of hydrogen-bond acceptors (Lipinski definition) is 4. The smallest absolute Gasteiger partial charge is 0.164 e. The highest BCUT2D eigenvalue weighted by atomic mass is 16.5. The van der Waals surface area contributed by atoms with E-state index < -0.39 is 5.41 Å². The van der Waals surface area contributed by atoms with E-state index in [4.69, 9.17) is 19.7 Å². The van der Waals surface area contributed by atoms with Gasteiger partial charge < -0.3 is 4.74 Å². The lowest BCUT2D eigenvalue weighted by Gasteiger charge is -2.39. The van der Waals surface area contributed by atoms with E-state index in [9.17, 15) is 0 Å². The van der Waals surface area contributed by atoms with Crippen LogP contribution >= 0.6 is 0 Å². The van der Waals surface area contributed by atoms with Crippen LogP contribution in [0.4, 0.5) is 0 Å². The lowest BCUT2D eigenvalue weighted by molar-refractivity contribution is 0.436. The second kappa shape index (κ2) is 13.6. The number of nitrogens with zero attached hydrogens (tertiary/aromatic N) is 3. The van der Waals surface area contributed by atoms with Gasteiger partial charge in [0, 0.05) is 27.8 Å². The Bertz CT molecular complexity index is 3200. The molecule has 60 heavy (non-hydrogen) atoms. The lowest BCUT2D eigenvalue weighted by atomic mass is 9.66. The molecule has 1 aromatic heterocycles. The van der Waals surface area contributed by atoms with Gasteiger partial charge in [-0.1, -0.05) is 194 Å². The van der Waals surface area contributed by atoms with Crippen LogP contribution in [0.5, 0.6) is 11.5 Å². The molecule has 10 aromatic rings. The van der Waals surface area contributed by atoms with Crippen molar-refractivity contribution >= 4 is 10.8 Å². The Morgan fingerprint density at radius 3 is 1.35 bits per heavy atom. The van der Waals surface area contributed by atoms with Crippen LogP contribution in [0.1, 0.15) is 22.3 Å². The Labute approximate surface area is 348 Å². The summed E-state index contributed by atoms with van der Waals surface area (Å²) in [4.78, 5) is 14.9. The molecule has 2 aliphatic rings. The summed E-state index contributed by atoms with van der Waals surface area (Å²) in [7, 11) is 0. The zero-order chi connectivity index (χ0) is 39.6. The molecule has 2 heterocycles. The summed E-state index contributed by atoms with van der Waals surface area (Å²) >= 11 is 0. The molecule has 0 saturated carbocycles. The quantitative estimate of drug-likeness (QED) is 0.175. The highest BCUT2D eigenvalue weighted by Crippen LogP contribution is 2.62. The number of fused-ring (bicyclic) bond motifs is 10. The van der Waals surface area contributed by atoms with Gasteiger partial charge >= 0.3 is 0 Å². The Morgan fingerprint density at radius 1 is 0.283 bits per heavy atom. The van der Waals surface area contributed by atoms with Gasteiger partial charge in [0.1, 0.15) is 11.5 Å². The maximum Gasteiger partial charge on any atom is 0.164 e. The maximum atomic E-state index is 6.87. The molecule has 0 radical (unpaired) electrons. The van der Waals surface area contributed by atoms with Gasteiger partial charge in [-0.05, 0) is 73.5 Å². The van der Waals surface area contributed by atoms with Crippen molar-refractivity contribution in [2.75, 3.05) is 0 Å². The molecule has 9 aromatic carbocycles. The van der Waals surface area contributed by atoms with E-state index in [1.807, 2.05) is 60.7 Å². The van der Waals surface area contributed by atoms with Crippen LogP contribution in [0, 0.1) is 0 Å².